The molecule has 1 aromatic rings. The second-order valence-electron chi connectivity index (χ2n) is 5.45. The van der Waals surface area contributed by atoms with Crippen LogP contribution in [0.3, 0.4) is 0 Å². The lowest BCUT2D eigenvalue weighted by molar-refractivity contribution is 0.357. The number of likely N-dealkylation sites (tertiary alicyclic amines) is 1. The first-order valence-electron chi connectivity index (χ1n) is 6.81. The number of sulfonamides is 1. The average Bonchev–Trinajstić information content (AvgIpc) is 2.99. The van der Waals surface area contributed by atoms with Crippen LogP contribution in [0.1, 0.15) is 11.3 Å². The molecule has 1 atom stereocenters. The standard InChI is InChI=1S/C13H23N3O2S2/c1-14-8-12-4-5-13(19-12)20(17,18)16(3)10-11-6-7-15(2)9-11/h4-5,11,14H,6-10H2,1-3H3. The Labute approximate surface area is 125 Å². The first kappa shape index (κ1) is 15.9. The van der Waals surface area contributed by atoms with Crippen molar-refractivity contribution < 1.29 is 8.42 Å². The smallest absolute Gasteiger partial charge is 0.252 e. The molecule has 114 valence electrons. The van der Waals surface area contributed by atoms with Crippen molar-refractivity contribution in [1.29, 1.82) is 0 Å². The molecule has 0 aliphatic carbocycles. The van der Waals surface area contributed by atoms with E-state index < -0.39 is 10.0 Å². The van der Waals surface area contributed by atoms with E-state index in [-0.39, 0.29) is 0 Å². The molecule has 1 fully saturated rings. The zero-order valence-corrected chi connectivity index (χ0v) is 13.9. The van der Waals surface area contributed by atoms with Gasteiger partial charge in [0, 0.05) is 31.6 Å². The number of nitrogens with zero attached hydrogens (tertiary/aromatic N) is 2. The zero-order valence-electron chi connectivity index (χ0n) is 12.3. The minimum absolute atomic E-state index is 0.441. The Hall–Kier alpha value is -0.470. The van der Waals surface area contributed by atoms with Crippen LogP contribution in [-0.4, -0.2) is 58.4 Å². The Morgan fingerprint density at radius 1 is 1.50 bits per heavy atom. The van der Waals surface area contributed by atoms with Crippen molar-refractivity contribution >= 4 is 21.4 Å². The maximum absolute atomic E-state index is 12.5. The van der Waals surface area contributed by atoms with Crippen LogP contribution in [-0.2, 0) is 16.6 Å². The van der Waals surface area contributed by atoms with Crippen LogP contribution in [0.15, 0.2) is 16.3 Å². The Morgan fingerprint density at radius 2 is 2.25 bits per heavy atom. The number of hydrogen-bond donors (Lipinski definition) is 1. The van der Waals surface area contributed by atoms with Gasteiger partial charge in [-0.3, -0.25) is 0 Å². The van der Waals surface area contributed by atoms with Crippen molar-refractivity contribution in [3.63, 3.8) is 0 Å². The second-order valence-corrected chi connectivity index (χ2v) is 8.89. The topological polar surface area (TPSA) is 52.7 Å². The molecule has 1 N–H and O–H groups in total. The summed E-state index contributed by atoms with van der Waals surface area (Å²) >= 11 is 1.35. The fourth-order valence-corrected chi connectivity index (χ4v) is 5.38. The Bertz CT molecular complexity index is 542. The van der Waals surface area contributed by atoms with Crippen molar-refractivity contribution in [2.45, 2.75) is 17.2 Å². The Balaban J connectivity index is 2.04. The van der Waals surface area contributed by atoms with Gasteiger partial charge < -0.3 is 10.2 Å². The number of thiophene rings is 1. The molecule has 2 rings (SSSR count). The molecule has 1 unspecified atom stereocenters. The molecule has 0 amide bonds. The summed E-state index contributed by atoms with van der Waals surface area (Å²) in [7, 11) is 2.29. The summed E-state index contributed by atoms with van der Waals surface area (Å²) in [4.78, 5) is 3.29. The van der Waals surface area contributed by atoms with Crippen molar-refractivity contribution in [1.82, 2.24) is 14.5 Å². The lowest BCUT2D eigenvalue weighted by Crippen LogP contribution is -2.32. The van der Waals surface area contributed by atoms with Crippen LogP contribution in [0.4, 0.5) is 0 Å². The summed E-state index contributed by atoms with van der Waals surface area (Å²) in [6.07, 6.45) is 1.08. The van der Waals surface area contributed by atoms with E-state index in [0.29, 0.717) is 23.2 Å². The molecule has 0 saturated carbocycles. The third kappa shape index (κ3) is 3.59. The van der Waals surface area contributed by atoms with Crippen LogP contribution in [0, 0.1) is 5.92 Å². The van der Waals surface area contributed by atoms with Gasteiger partial charge in [0.25, 0.3) is 10.0 Å². The first-order chi connectivity index (χ1) is 9.43. The fraction of sp³-hybridized carbons (Fsp3) is 0.692. The SMILES string of the molecule is CNCc1ccc(S(=O)(=O)N(C)CC2CCN(C)C2)s1. The summed E-state index contributed by atoms with van der Waals surface area (Å²) in [5.41, 5.74) is 0. The largest absolute Gasteiger partial charge is 0.315 e. The van der Waals surface area contributed by atoms with E-state index >= 15 is 0 Å². The molecule has 5 nitrogen and oxygen atoms in total. The van der Waals surface area contributed by atoms with E-state index in [4.69, 9.17) is 0 Å². The van der Waals surface area contributed by atoms with E-state index in [1.165, 1.54) is 15.6 Å². The number of nitrogens with one attached hydrogen (secondary N) is 1. The highest BCUT2D eigenvalue weighted by atomic mass is 32.2. The number of hydrogen-bond acceptors (Lipinski definition) is 5. The number of rotatable bonds is 6. The molecular formula is C13H23N3O2S2. The first-order valence-corrected chi connectivity index (χ1v) is 9.07. The molecule has 0 bridgehead atoms. The quantitative estimate of drug-likeness (QED) is 0.852. The van der Waals surface area contributed by atoms with Gasteiger partial charge in [-0.05, 0) is 45.1 Å². The van der Waals surface area contributed by atoms with Crippen molar-refractivity contribution in [2.24, 2.45) is 5.92 Å². The summed E-state index contributed by atoms with van der Waals surface area (Å²) in [5, 5.41) is 3.04. The van der Waals surface area contributed by atoms with Gasteiger partial charge in [-0.25, -0.2) is 8.42 Å². The summed E-state index contributed by atoms with van der Waals surface area (Å²) < 4.78 is 27.0. The minimum Gasteiger partial charge on any atom is -0.315 e. The second kappa shape index (κ2) is 6.53. The van der Waals surface area contributed by atoms with E-state index in [1.54, 1.807) is 13.1 Å². The molecule has 7 heteroatoms. The van der Waals surface area contributed by atoms with E-state index in [0.717, 1.165) is 24.4 Å². The molecule has 1 aliphatic heterocycles. The van der Waals surface area contributed by atoms with E-state index in [2.05, 4.69) is 17.3 Å². The van der Waals surface area contributed by atoms with Gasteiger partial charge in [0.15, 0.2) is 0 Å². The third-order valence-electron chi connectivity index (χ3n) is 3.66. The summed E-state index contributed by atoms with van der Waals surface area (Å²) in [6.45, 7) is 3.35. The van der Waals surface area contributed by atoms with Gasteiger partial charge >= 0.3 is 0 Å². The van der Waals surface area contributed by atoms with Gasteiger partial charge in [-0.15, -0.1) is 11.3 Å². The van der Waals surface area contributed by atoms with E-state index in [9.17, 15) is 8.42 Å². The molecule has 0 spiro atoms. The van der Waals surface area contributed by atoms with Gasteiger partial charge in [0.05, 0.1) is 0 Å². The van der Waals surface area contributed by atoms with Crippen LogP contribution in [0.5, 0.6) is 0 Å². The molecule has 1 saturated heterocycles. The lowest BCUT2D eigenvalue weighted by atomic mass is 10.1. The Morgan fingerprint density at radius 3 is 2.85 bits per heavy atom. The molecule has 1 aromatic heterocycles. The monoisotopic (exact) mass is 317 g/mol. The maximum Gasteiger partial charge on any atom is 0.252 e. The Kier molecular flexibility index (Phi) is 5.19. The fourth-order valence-electron chi connectivity index (χ4n) is 2.56. The normalized spacial score (nSPS) is 20.9. The molecule has 20 heavy (non-hydrogen) atoms. The van der Waals surface area contributed by atoms with Crippen LogP contribution in [0.25, 0.3) is 0 Å². The molecule has 1 aliphatic rings. The van der Waals surface area contributed by atoms with Gasteiger partial charge in [-0.1, -0.05) is 0 Å². The van der Waals surface area contributed by atoms with E-state index in [1.807, 2.05) is 13.1 Å². The van der Waals surface area contributed by atoms with Crippen molar-refractivity contribution in [3.8, 4) is 0 Å². The van der Waals surface area contributed by atoms with Gasteiger partial charge in [0.1, 0.15) is 4.21 Å². The average molecular weight is 317 g/mol. The van der Waals surface area contributed by atoms with Crippen LogP contribution in [0.2, 0.25) is 0 Å². The highest BCUT2D eigenvalue weighted by molar-refractivity contribution is 7.91. The predicted molar refractivity (Wildman–Crippen MR) is 82.5 cm³/mol. The summed E-state index contributed by atoms with van der Waals surface area (Å²) in [6, 6.07) is 3.59. The lowest BCUT2D eigenvalue weighted by Gasteiger charge is -2.20. The molecule has 2 heterocycles. The van der Waals surface area contributed by atoms with Crippen LogP contribution < -0.4 is 5.32 Å². The minimum atomic E-state index is -3.34. The van der Waals surface area contributed by atoms with Gasteiger partial charge in [-0.2, -0.15) is 4.31 Å². The predicted octanol–water partition coefficient (Wildman–Crippen LogP) is 1.04. The maximum atomic E-state index is 12.5. The highest BCUT2D eigenvalue weighted by Crippen LogP contribution is 2.26. The molecule has 0 radical (unpaired) electrons. The summed E-state index contributed by atoms with van der Waals surface area (Å²) in [5.74, 6) is 0.441. The zero-order chi connectivity index (χ0) is 14.8. The van der Waals surface area contributed by atoms with Crippen molar-refractivity contribution in [3.05, 3.63) is 17.0 Å². The molecular weight excluding hydrogens is 294 g/mol. The van der Waals surface area contributed by atoms with Gasteiger partial charge in [0.2, 0.25) is 0 Å². The highest BCUT2D eigenvalue weighted by Gasteiger charge is 2.28. The van der Waals surface area contributed by atoms with Crippen LogP contribution >= 0.6 is 11.3 Å². The molecule has 0 aromatic carbocycles. The van der Waals surface area contributed by atoms with Crippen molar-refractivity contribution in [2.75, 3.05) is 40.8 Å². The third-order valence-corrected chi connectivity index (χ3v) is 7.03.